The van der Waals surface area contributed by atoms with Crippen LogP contribution in [0.3, 0.4) is 0 Å². The number of piperidine rings is 1. The lowest BCUT2D eigenvalue weighted by Gasteiger charge is -2.61. The topological polar surface area (TPSA) is 169 Å². The number of carboxylic acids is 1. The van der Waals surface area contributed by atoms with Crippen molar-refractivity contribution in [2.24, 2.45) is 0 Å². The van der Waals surface area contributed by atoms with Crippen molar-refractivity contribution >= 4 is 23.9 Å². The van der Waals surface area contributed by atoms with Crippen LogP contribution >= 0.6 is 0 Å². The molecule has 0 aromatic heterocycles. The van der Waals surface area contributed by atoms with E-state index in [9.17, 15) is 29.4 Å². The van der Waals surface area contributed by atoms with Crippen molar-refractivity contribution in [1.82, 2.24) is 4.90 Å². The van der Waals surface area contributed by atoms with E-state index in [4.69, 9.17) is 19.3 Å². The van der Waals surface area contributed by atoms with Gasteiger partial charge in [-0.3, -0.25) is 14.4 Å². The SMILES string of the molecule is CC(=O)OC(C)C(=O)O.CN1CC[C@]23c4c5ccc(O)c4O[C@H]2C(OC(=O)CCC(=O)Oc2ccccc2)=CC[C@@]3(O)[C@H]1C5. The van der Waals surface area contributed by atoms with Gasteiger partial charge in [0.25, 0.3) is 0 Å². The molecule has 4 aliphatic rings. The molecule has 1 unspecified atom stereocenters. The number of nitrogens with zero attached hydrogens (tertiary/aromatic N) is 1. The highest BCUT2D eigenvalue weighted by Gasteiger charge is 2.72. The molecule has 2 aliphatic heterocycles. The van der Waals surface area contributed by atoms with Crippen LogP contribution in [0.15, 0.2) is 54.3 Å². The predicted octanol–water partition coefficient (Wildman–Crippen LogP) is 2.62. The number of aliphatic hydroxyl groups is 1. The van der Waals surface area contributed by atoms with Gasteiger partial charge in [-0.25, -0.2) is 4.79 Å². The Labute approximate surface area is 253 Å². The number of carbonyl (C=O) groups is 4. The van der Waals surface area contributed by atoms with Crippen LogP contribution in [0.2, 0.25) is 0 Å². The molecule has 234 valence electrons. The Hall–Kier alpha value is -4.42. The van der Waals surface area contributed by atoms with E-state index in [1.807, 2.05) is 19.2 Å². The average Bonchev–Trinajstić information content (AvgIpc) is 3.33. The fourth-order valence-electron chi connectivity index (χ4n) is 6.79. The van der Waals surface area contributed by atoms with Crippen molar-refractivity contribution < 1.29 is 53.4 Å². The normalized spacial score (nSPS) is 26.4. The highest BCUT2D eigenvalue weighted by atomic mass is 16.6. The van der Waals surface area contributed by atoms with Crippen molar-refractivity contribution in [3.05, 3.63) is 65.4 Å². The van der Waals surface area contributed by atoms with Crippen LogP contribution in [-0.2, 0) is 40.5 Å². The smallest absolute Gasteiger partial charge is 0.344 e. The number of esters is 3. The molecule has 2 aromatic carbocycles. The molecular formula is C32H35NO11. The van der Waals surface area contributed by atoms with Crippen molar-refractivity contribution in [2.75, 3.05) is 13.6 Å². The zero-order valence-electron chi connectivity index (χ0n) is 24.6. The van der Waals surface area contributed by atoms with Crippen LogP contribution in [0, 0.1) is 0 Å². The fraction of sp³-hybridized carbons (Fsp3) is 0.438. The van der Waals surface area contributed by atoms with Crippen LogP contribution in [0.5, 0.6) is 17.2 Å². The number of likely N-dealkylation sites (tertiary alicyclic amines) is 1. The molecule has 0 radical (unpaired) electrons. The van der Waals surface area contributed by atoms with E-state index < -0.39 is 47.1 Å². The van der Waals surface area contributed by atoms with Gasteiger partial charge in [0.2, 0.25) is 0 Å². The molecule has 3 N–H and O–H groups in total. The van der Waals surface area contributed by atoms with E-state index in [2.05, 4.69) is 9.64 Å². The number of para-hydroxylation sites is 1. The summed E-state index contributed by atoms with van der Waals surface area (Å²) in [5.74, 6) is -1.69. The summed E-state index contributed by atoms with van der Waals surface area (Å²) in [7, 11) is 2.01. The summed E-state index contributed by atoms with van der Waals surface area (Å²) in [6.45, 7) is 3.21. The molecule has 12 heteroatoms. The van der Waals surface area contributed by atoms with Gasteiger partial charge in [0.05, 0.1) is 23.9 Å². The van der Waals surface area contributed by atoms with Gasteiger partial charge in [-0.2, -0.15) is 0 Å². The molecule has 1 spiro atoms. The van der Waals surface area contributed by atoms with Crippen molar-refractivity contribution in [3.8, 4) is 17.2 Å². The maximum atomic E-state index is 12.7. The number of hydrogen-bond acceptors (Lipinski definition) is 11. The quantitative estimate of drug-likeness (QED) is 0.310. The molecule has 5 atom stereocenters. The van der Waals surface area contributed by atoms with Crippen LogP contribution in [0.4, 0.5) is 0 Å². The van der Waals surface area contributed by atoms with Crippen LogP contribution in [0.25, 0.3) is 0 Å². The first-order chi connectivity index (χ1) is 20.9. The molecule has 2 aliphatic carbocycles. The summed E-state index contributed by atoms with van der Waals surface area (Å²) in [5.41, 5.74) is -0.0608. The first-order valence-corrected chi connectivity index (χ1v) is 14.4. The molecule has 44 heavy (non-hydrogen) atoms. The van der Waals surface area contributed by atoms with Crippen molar-refractivity contribution in [1.29, 1.82) is 0 Å². The van der Waals surface area contributed by atoms with E-state index in [1.54, 1.807) is 36.4 Å². The Kier molecular flexibility index (Phi) is 8.41. The average molecular weight is 610 g/mol. The number of likely N-dealkylation sites (N-methyl/N-ethyl adjacent to an activating group) is 1. The first kappa shape index (κ1) is 31.0. The number of benzene rings is 2. The minimum Gasteiger partial charge on any atom is -0.504 e. The lowest BCUT2D eigenvalue weighted by Crippen LogP contribution is -2.74. The Morgan fingerprint density at radius 2 is 1.75 bits per heavy atom. The number of phenols is 1. The monoisotopic (exact) mass is 609 g/mol. The number of aromatic hydroxyl groups is 1. The molecule has 2 heterocycles. The molecule has 2 bridgehead atoms. The third kappa shape index (κ3) is 5.39. The number of hydrogen-bond donors (Lipinski definition) is 3. The number of carbonyl (C=O) groups excluding carboxylic acids is 3. The predicted molar refractivity (Wildman–Crippen MR) is 153 cm³/mol. The molecule has 0 amide bonds. The van der Waals surface area contributed by atoms with Gasteiger partial charge in [-0.05, 0) is 63.2 Å². The van der Waals surface area contributed by atoms with E-state index in [1.165, 1.54) is 13.8 Å². The molecular weight excluding hydrogens is 574 g/mol. The minimum absolute atomic E-state index is 0.0154. The van der Waals surface area contributed by atoms with Gasteiger partial charge < -0.3 is 39.2 Å². The highest BCUT2D eigenvalue weighted by molar-refractivity contribution is 5.80. The number of rotatable bonds is 7. The summed E-state index contributed by atoms with van der Waals surface area (Å²) in [4.78, 5) is 47.1. The number of aliphatic carboxylic acids is 1. The summed E-state index contributed by atoms with van der Waals surface area (Å²) in [6, 6.07) is 12.1. The van der Waals surface area contributed by atoms with Crippen LogP contribution < -0.4 is 9.47 Å². The summed E-state index contributed by atoms with van der Waals surface area (Å²) >= 11 is 0. The summed E-state index contributed by atoms with van der Waals surface area (Å²) in [5, 5.41) is 30.8. The molecule has 0 saturated carbocycles. The lowest BCUT2D eigenvalue weighted by molar-refractivity contribution is -0.169. The van der Waals surface area contributed by atoms with Crippen molar-refractivity contribution in [3.63, 3.8) is 0 Å². The number of carboxylic acid groups (broad SMARTS) is 1. The third-order valence-corrected chi connectivity index (χ3v) is 8.78. The maximum absolute atomic E-state index is 12.7. The number of phenolic OH excluding ortho intramolecular Hbond substituents is 1. The van der Waals surface area contributed by atoms with Gasteiger partial charge in [0, 0.05) is 24.9 Å². The summed E-state index contributed by atoms with van der Waals surface area (Å²) in [6.07, 6.45) is 1.23. The van der Waals surface area contributed by atoms with E-state index in [0.717, 1.165) is 17.7 Å². The second-order valence-electron chi connectivity index (χ2n) is 11.5. The standard InChI is InChI=1S/C27H27NO7.C5H8O4/c1-28-14-13-26-23-16-7-8-18(29)24(23)35-25(26)19(11-12-27(26,32)20(28)15-16)34-22(31)10-9-21(30)33-17-5-3-2-4-6-17;1-3(5(7)8)9-4(2)6/h2-8,11,20,25,29,32H,9-10,12-15H2,1H3;3H,1-2H3,(H,7,8)/t20-,25+,26+,27-;/m1./s1. The molecule has 6 rings (SSSR count). The van der Waals surface area contributed by atoms with Gasteiger partial charge in [0.1, 0.15) is 11.5 Å². The van der Waals surface area contributed by atoms with Crippen LogP contribution in [0.1, 0.15) is 50.7 Å². The molecule has 12 nitrogen and oxygen atoms in total. The third-order valence-electron chi connectivity index (χ3n) is 8.78. The van der Waals surface area contributed by atoms with E-state index >= 15 is 0 Å². The Bertz CT molecular complexity index is 1510. The Morgan fingerprint density at radius 3 is 2.39 bits per heavy atom. The van der Waals surface area contributed by atoms with Gasteiger partial charge in [0.15, 0.2) is 23.7 Å². The second-order valence-corrected chi connectivity index (χ2v) is 11.5. The zero-order valence-corrected chi connectivity index (χ0v) is 24.6. The maximum Gasteiger partial charge on any atom is 0.344 e. The molecule has 1 saturated heterocycles. The zero-order chi connectivity index (χ0) is 31.8. The van der Waals surface area contributed by atoms with Crippen LogP contribution in [-0.4, -0.2) is 81.5 Å². The Morgan fingerprint density at radius 1 is 1.07 bits per heavy atom. The van der Waals surface area contributed by atoms with Gasteiger partial charge >= 0.3 is 23.9 Å². The van der Waals surface area contributed by atoms with E-state index in [-0.39, 0.29) is 24.6 Å². The minimum atomic E-state index is -1.13. The Balaban J connectivity index is 0.000000374. The molecule has 2 aromatic rings. The van der Waals surface area contributed by atoms with Gasteiger partial charge in [-0.1, -0.05) is 24.3 Å². The second kappa shape index (κ2) is 11.9. The summed E-state index contributed by atoms with van der Waals surface area (Å²) < 4.78 is 21.5. The number of ether oxygens (including phenoxy) is 4. The lowest BCUT2D eigenvalue weighted by atomic mass is 9.50. The molecule has 1 fully saturated rings. The largest absolute Gasteiger partial charge is 0.504 e. The fourth-order valence-corrected chi connectivity index (χ4v) is 6.79. The first-order valence-electron chi connectivity index (χ1n) is 14.4. The van der Waals surface area contributed by atoms with E-state index in [0.29, 0.717) is 36.5 Å². The van der Waals surface area contributed by atoms with Crippen molar-refractivity contribution in [2.45, 2.75) is 75.2 Å². The van der Waals surface area contributed by atoms with Gasteiger partial charge in [-0.15, -0.1) is 0 Å². The highest BCUT2D eigenvalue weighted by Crippen LogP contribution is 2.65.